The molecule has 0 bridgehead atoms. The summed E-state index contributed by atoms with van der Waals surface area (Å²) in [6, 6.07) is 9.99. The minimum Gasteiger partial charge on any atom is -0.490 e. The molecular formula is C30H31F5O2. The fourth-order valence-electron chi connectivity index (χ4n) is 4.80. The molecule has 0 N–H and O–H groups in total. The molecule has 0 spiro atoms. The van der Waals surface area contributed by atoms with Crippen LogP contribution in [0, 0.1) is 41.9 Å². The first kappa shape index (κ1) is 27.0. The molecule has 1 fully saturated rings. The van der Waals surface area contributed by atoms with Gasteiger partial charge in [-0.05, 0) is 91.8 Å². The molecule has 1 aliphatic carbocycles. The van der Waals surface area contributed by atoms with Crippen LogP contribution in [-0.2, 0) is 0 Å². The van der Waals surface area contributed by atoms with E-state index in [1.54, 1.807) is 12.1 Å². The van der Waals surface area contributed by atoms with Gasteiger partial charge < -0.3 is 9.47 Å². The fourth-order valence-corrected chi connectivity index (χ4v) is 4.80. The highest BCUT2D eigenvalue weighted by Crippen LogP contribution is 2.38. The monoisotopic (exact) mass is 518 g/mol. The van der Waals surface area contributed by atoms with E-state index >= 15 is 0 Å². The van der Waals surface area contributed by atoms with E-state index in [1.807, 2.05) is 6.92 Å². The van der Waals surface area contributed by atoms with Gasteiger partial charge in [-0.15, -0.1) is 0 Å². The van der Waals surface area contributed by atoms with Crippen molar-refractivity contribution < 1.29 is 31.4 Å². The molecule has 0 aliphatic heterocycles. The van der Waals surface area contributed by atoms with Crippen LogP contribution in [0.25, 0.3) is 11.1 Å². The maximum atomic E-state index is 14.8. The number of hydrogen-bond acceptors (Lipinski definition) is 2. The highest BCUT2D eigenvalue weighted by molar-refractivity contribution is 5.66. The molecule has 0 unspecified atom stereocenters. The van der Waals surface area contributed by atoms with Crippen LogP contribution in [0.2, 0.25) is 0 Å². The van der Waals surface area contributed by atoms with Gasteiger partial charge in [0.05, 0.1) is 13.2 Å². The average Bonchev–Trinajstić information content (AvgIpc) is 2.90. The van der Waals surface area contributed by atoms with Crippen molar-refractivity contribution in [1.29, 1.82) is 0 Å². The van der Waals surface area contributed by atoms with Gasteiger partial charge in [-0.2, -0.15) is 4.39 Å². The standard InChI is InChI=1S/C30H31F5O2/c1-3-4-15-36-26-14-12-23(29(34)30(26)35)21-10-13-25(24(31)16-21)37-17-19-6-8-20(9-7-19)22-11-5-18(2)27(32)28(22)33/h5,10-14,16,19-20H,3-4,6-9,15,17H2,1-2H3. The minimum absolute atomic E-state index is 0.0259. The van der Waals surface area contributed by atoms with Crippen LogP contribution >= 0.6 is 0 Å². The molecule has 0 radical (unpaired) electrons. The highest BCUT2D eigenvalue weighted by atomic mass is 19.2. The van der Waals surface area contributed by atoms with E-state index in [0.717, 1.165) is 31.7 Å². The highest BCUT2D eigenvalue weighted by Gasteiger charge is 2.26. The number of rotatable bonds is 9. The minimum atomic E-state index is -1.10. The summed E-state index contributed by atoms with van der Waals surface area (Å²) < 4.78 is 83.1. The molecule has 2 nitrogen and oxygen atoms in total. The van der Waals surface area contributed by atoms with E-state index < -0.39 is 29.1 Å². The second-order valence-corrected chi connectivity index (χ2v) is 9.71. The smallest absolute Gasteiger partial charge is 0.201 e. The van der Waals surface area contributed by atoms with Gasteiger partial charge in [0.15, 0.2) is 34.8 Å². The Morgan fingerprint density at radius 3 is 2.19 bits per heavy atom. The van der Waals surface area contributed by atoms with Crippen LogP contribution in [0.3, 0.4) is 0 Å². The molecule has 4 rings (SSSR count). The van der Waals surface area contributed by atoms with Gasteiger partial charge in [0.25, 0.3) is 0 Å². The Morgan fingerprint density at radius 1 is 0.757 bits per heavy atom. The van der Waals surface area contributed by atoms with Crippen molar-refractivity contribution in [2.45, 2.75) is 58.3 Å². The molecule has 1 saturated carbocycles. The average molecular weight is 519 g/mol. The largest absolute Gasteiger partial charge is 0.490 e. The lowest BCUT2D eigenvalue weighted by Gasteiger charge is -2.29. The van der Waals surface area contributed by atoms with E-state index in [4.69, 9.17) is 9.47 Å². The topological polar surface area (TPSA) is 18.5 Å². The van der Waals surface area contributed by atoms with Gasteiger partial charge in [-0.1, -0.05) is 31.5 Å². The summed E-state index contributed by atoms with van der Waals surface area (Å²) >= 11 is 0. The second-order valence-electron chi connectivity index (χ2n) is 9.71. The van der Waals surface area contributed by atoms with Crippen LogP contribution < -0.4 is 9.47 Å². The molecule has 0 saturated heterocycles. The number of ether oxygens (including phenoxy) is 2. The summed E-state index contributed by atoms with van der Waals surface area (Å²) in [5.74, 6) is -4.47. The van der Waals surface area contributed by atoms with Crippen molar-refractivity contribution in [3.8, 4) is 22.6 Å². The Kier molecular flexibility index (Phi) is 8.72. The van der Waals surface area contributed by atoms with E-state index in [0.29, 0.717) is 18.4 Å². The quantitative estimate of drug-likeness (QED) is 0.208. The van der Waals surface area contributed by atoms with Gasteiger partial charge in [0.2, 0.25) is 5.82 Å². The van der Waals surface area contributed by atoms with Crippen molar-refractivity contribution in [3.63, 3.8) is 0 Å². The summed E-state index contributed by atoms with van der Waals surface area (Å²) in [6.07, 6.45) is 4.47. The summed E-state index contributed by atoms with van der Waals surface area (Å²) in [6.45, 7) is 4.07. The molecule has 0 amide bonds. The van der Waals surface area contributed by atoms with Crippen LogP contribution in [0.5, 0.6) is 11.5 Å². The maximum Gasteiger partial charge on any atom is 0.201 e. The van der Waals surface area contributed by atoms with Gasteiger partial charge in [-0.25, -0.2) is 17.6 Å². The third-order valence-corrected chi connectivity index (χ3v) is 7.11. The first-order valence-electron chi connectivity index (χ1n) is 12.8. The van der Waals surface area contributed by atoms with Crippen molar-refractivity contribution in [2.75, 3.05) is 13.2 Å². The molecule has 1 aliphatic rings. The Morgan fingerprint density at radius 2 is 1.49 bits per heavy atom. The van der Waals surface area contributed by atoms with Crippen LogP contribution in [0.4, 0.5) is 22.0 Å². The van der Waals surface area contributed by atoms with Crippen molar-refractivity contribution >= 4 is 0 Å². The van der Waals surface area contributed by atoms with Gasteiger partial charge in [-0.3, -0.25) is 0 Å². The van der Waals surface area contributed by atoms with Gasteiger partial charge in [0.1, 0.15) is 0 Å². The zero-order valence-corrected chi connectivity index (χ0v) is 21.1. The number of unbranched alkanes of at least 4 members (excludes halogenated alkanes) is 1. The Bertz CT molecular complexity index is 1240. The first-order chi connectivity index (χ1) is 17.8. The SMILES string of the molecule is CCCCOc1ccc(-c2ccc(OCC3CCC(c4ccc(C)c(F)c4F)CC3)c(F)c2)c(F)c1F. The van der Waals surface area contributed by atoms with E-state index in [2.05, 4.69) is 0 Å². The normalized spacial score (nSPS) is 17.6. The third kappa shape index (κ3) is 6.08. The van der Waals surface area contributed by atoms with E-state index in [1.165, 1.54) is 31.2 Å². The molecule has 0 atom stereocenters. The molecular weight excluding hydrogens is 487 g/mol. The molecule has 3 aromatic carbocycles. The lowest BCUT2D eigenvalue weighted by Crippen LogP contribution is -2.20. The molecule has 7 heteroatoms. The second kappa shape index (κ2) is 12.0. The lowest BCUT2D eigenvalue weighted by molar-refractivity contribution is 0.193. The maximum absolute atomic E-state index is 14.8. The zero-order valence-electron chi connectivity index (χ0n) is 21.1. The number of benzene rings is 3. The lowest BCUT2D eigenvalue weighted by atomic mass is 9.78. The van der Waals surface area contributed by atoms with Gasteiger partial charge in [0, 0.05) is 5.56 Å². The Hall–Kier alpha value is -3.09. The van der Waals surface area contributed by atoms with Crippen LogP contribution in [-0.4, -0.2) is 13.2 Å². The summed E-state index contributed by atoms with van der Waals surface area (Å²) in [5.41, 5.74) is 0.823. The Labute approximate surface area is 214 Å². The van der Waals surface area contributed by atoms with Crippen molar-refractivity contribution in [3.05, 3.63) is 82.7 Å². The molecule has 37 heavy (non-hydrogen) atoms. The molecule has 0 heterocycles. The third-order valence-electron chi connectivity index (χ3n) is 7.11. The summed E-state index contributed by atoms with van der Waals surface area (Å²) in [4.78, 5) is 0. The van der Waals surface area contributed by atoms with Gasteiger partial charge >= 0.3 is 0 Å². The van der Waals surface area contributed by atoms with Crippen LogP contribution in [0.1, 0.15) is 62.5 Å². The molecule has 3 aromatic rings. The predicted molar refractivity (Wildman–Crippen MR) is 133 cm³/mol. The molecule has 198 valence electrons. The van der Waals surface area contributed by atoms with Crippen molar-refractivity contribution in [1.82, 2.24) is 0 Å². The number of hydrogen-bond donors (Lipinski definition) is 0. The summed E-state index contributed by atoms with van der Waals surface area (Å²) in [5, 5.41) is 0. The van der Waals surface area contributed by atoms with E-state index in [-0.39, 0.29) is 53.2 Å². The fraction of sp³-hybridized carbons (Fsp3) is 0.400. The predicted octanol–water partition coefficient (Wildman–Crippen LogP) is 8.89. The first-order valence-corrected chi connectivity index (χ1v) is 12.8. The Balaban J connectivity index is 1.35. The van der Waals surface area contributed by atoms with E-state index in [9.17, 15) is 22.0 Å². The summed E-state index contributed by atoms with van der Waals surface area (Å²) in [7, 11) is 0. The number of halogens is 5. The van der Waals surface area contributed by atoms with Crippen molar-refractivity contribution in [2.24, 2.45) is 5.92 Å². The van der Waals surface area contributed by atoms with Crippen LogP contribution in [0.15, 0.2) is 42.5 Å². The zero-order chi connectivity index (χ0) is 26.5. The number of aryl methyl sites for hydroxylation is 1. The molecule has 0 aromatic heterocycles.